The van der Waals surface area contributed by atoms with Crippen LogP contribution in [0.1, 0.15) is 31.1 Å². The van der Waals surface area contributed by atoms with Crippen LogP contribution in [0, 0.1) is 5.41 Å². The van der Waals surface area contributed by atoms with Gasteiger partial charge in [0.05, 0.1) is 5.69 Å². The van der Waals surface area contributed by atoms with Crippen molar-refractivity contribution in [3.8, 4) is 0 Å². The molecule has 0 aromatic carbocycles. The highest BCUT2D eigenvalue weighted by molar-refractivity contribution is 5.11. The molecule has 4 heteroatoms. The van der Waals surface area contributed by atoms with Crippen LogP contribution in [0.3, 0.4) is 0 Å². The molecule has 2 rings (SSSR count). The first-order valence-corrected chi connectivity index (χ1v) is 5.06. The molecule has 0 unspecified atom stereocenters. The van der Waals surface area contributed by atoms with Crippen LogP contribution in [0.25, 0.3) is 0 Å². The molecule has 0 aliphatic heterocycles. The Bertz CT molecular complexity index is 311. The molecule has 0 radical (unpaired) electrons. The van der Waals surface area contributed by atoms with Crippen molar-refractivity contribution in [3.63, 3.8) is 0 Å². The Morgan fingerprint density at radius 1 is 1.71 bits per heavy atom. The molecule has 4 nitrogen and oxygen atoms in total. The molecule has 0 bridgehead atoms. The molecule has 78 valence electrons. The molecule has 14 heavy (non-hydrogen) atoms. The third-order valence-electron chi connectivity index (χ3n) is 3.47. The second kappa shape index (κ2) is 3.37. The van der Waals surface area contributed by atoms with Crippen LogP contribution in [0.15, 0.2) is 12.3 Å². The van der Waals surface area contributed by atoms with E-state index in [-0.39, 0.29) is 5.41 Å². The van der Waals surface area contributed by atoms with E-state index < -0.39 is 6.10 Å². The molecule has 1 saturated carbocycles. The van der Waals surface area contributed by atoms with Crippen LogP contribution >= 0.6 is 0 Å². The quantitative estimate of drug-likeness (QED) is 0.741. The lowest BCUT2D eigenvalue weighted by Crippen LogP contribution is -2.43. The first kappa shape index (κ1) is 9.68. The Morgan fingerprint density at radius 3 is 2.79 bits per heavy atom. The van der Waals surface area contributed by atoms with Gasteiger partial charge in [-0.05, 0) is 18.9 Å². The van der Waals surface area contributed by atoms with Gasteiger partial charge in [-0.25, -0.2) is 0 Å². The molecule has 1 aromatic heterocycles. The molecule has 0 spiro atoms. The molecule has 1 aliphatic carbocycles. The van der Waals surface area contributed by atoms with Gasteiger partial charge in [-0.3, -0.25) is 4.68 Å². The summed E-state index contributed by atoms with van der Waals surface area (Å²) in [7, 11) is 1.85. The molecular weight excluding hydrogens is 178 g/mol. The second-order valence-electron chi connectivity index (χ2n) is 4.20. The number of hydrogen-bond acceptors (Lipinski definition) is 3. The maximum absolute atomic E-state index is 10.2. The smallest absolute Gasteiger partial charge is 0.102 e. The number of rotatable bonds is 3. The fourth-order valence-electron chi connectivity index (χ4n) is 2.19. The summed E-state index contributed by atoms with van der Waals surface area (Å²) in [4.78, 5) is 0. The fourth-order valence-corrected chi connectivity index (χ4v) is 2.19. The zero-order chi connectivity index (χ0) is 10.2. The van der Waals surface area contributed by atoms with E-state index >= 15 is 0 Å². The van der Waals surface area contributed by atoms with Crippen molar-refractivity contribution < 1.29 is 5.11 Å². The molecule has 0 saturated heterocycles. The maximum atomic E-state index is 10.2. The molecule has 1 fully saturated rings. The SMILES string of the molecule is Cn1nccc1[C@@H](O)C1(CN)CCC1. The molecule has 1 aromatic rings. The summed E-state index contributed by atoms with van der Waals surface area (Å²) >= 11 is 0. The summed E-state index contributed by atoms with van der Waals surface area (Å²) in [5.74, 6) is 0. The van der Waals surface area contributed by atoms with E-state index in [2.05, 4.69) is 5.10 Å². The summed E-state index contributed by atoms with van der Waals surface area (Å²) in [5, 5.41) is 14.3. The van der Waals surface area contributed by atoms with E-state index in [1.807, 2.05) is 13.1 Å². The maximum Gasteiger partial charge on any atom is 0.102 e. The van der Waals surface area contributed by atoms with Crippen LogP contribution in [0.2, 0.25) is 0 Å². The van der Waals surface area contributed by atoms with E-state index in [0.29, 0.717) is 6.54 Å². The zero-order valence-electron chi connectivity index (χ0n) is 8.48. The summed E-state index contributed by atoms with van der Waals surface area (Å²) in [6.45, 7) is 0.555. The van der Waals surface area contributed by atoms with Gasteiger partial charge in [0.1, 0.15) is 6.10 Å². The van der Waals surface area contributed by atoms with Crippen LogP contribution in [-0.2, 0) is 7.05 Å². The standard InChI is InChI=1S/C10H17N3O/c1-13-8(3-6-12-13)9(14)10(7-11)4-2-5-10/h3,6,9,14H,2,4-5,7,11H2,1H3/t9-/m1/s1. The van der Waals surface area contributed by atoms with Gasteiger partial charge < -0.3 is 10.8 Å². The number of aryl methyl sites for hydroxylation is 1. The zero-order valence-corrected chi connectivity index (χ0v) is 8.48. The highest BCUT2D eigenvalue weighted by Gasteiger charge is 2.43. The third-order valence-corrected chi connectivity index (χ3v) is 3.47. The average molecular weight is 195 g/mol. The first-order chi connectivity index (χ1) is 6.69. The Morgan fingerprint density at radius 2 is 2.43 bits per heavy atom. The minimum absolute atomic E-state index is 0.0895. The van der Waals surface area contributed by atoms with E-state index in [1.54, 1.807) is 10.9 Å². The number of aliphatic hydroxyl groups is 1. The minimum atomic E-state index is -0.464. The Balaban J connectivity index is 2.22. The highest BCUT2D eigenvalue weighted by atomic mass is 16.3. The fraction of sp³-hybridized carbons (Fsp3) is 0.700. The van der Waals surface area contributed by atoms with Crippen molar-refractivity contribution >= 4 is 0 Å². The lowest BCUT2D eigenvalue weighted by Gasteiger charge is -2.44. The van der Waals surface area contributed by atoms with Crippen LogP contribution in [0.5, 0.6) is 0 Å². The van der Waals surface area contributed by atoms with Crippen LogP contribution in [0.4, 0.5) is 0 Å². The largest absolute Gasteiger partial charge is 0.386 e. The summed E-state index contributed by atoms with van der Waals surface area (Å²) in [6.07, 6.45) is 4.47. The van der Waals surface area contributed by atoms with Crippen molar-refractivity contribution in [2.24, 2.45) is 18.2 Å². The van der Waals surface area contributed by atoms with Gasteiger partial charge in [0.2, 0.25) is 0 Å². The van der Waals surface area contributed by atoms with Crippen LogP contribution in [-0.4, -0.2) is 21.4 Å². The third kappa shape index (κ3) is 1.26. The predicted molar refractivity (Wildman–Crippen MR) is 53.5 cm³/mol. The molecule has 1 aliphatic rings. The number of nitrogens with zero attached hydrogens (tertiary/aromatic N) is 2. The van der Waals surface area contributed by atoms with E-state index in [4.69, 9.17) is 5.73 Å². The van der Waals surface area contributed by atoms with Gasteiger partial charge in [-0.15, -0.1) is 0 Å². The average Bonchev–Trinajstić information content (AvgIpc) is 2.50. The van der Waals surface area contributed by atoms with Crippen molar-refractivity contribution in [2.75, 3.05) is 6.54 Å². The molecule has 1 atom stereocenters. The molecule has 3 N–H and O–H groups in total. The van der Waals surface area contributed by atoms with Crippen LogP contribution < -0.4 is 5.73 Å². The van der Waals surface area contributed by atoms with E-state index in [0.717, 1.165) is 18.5 Å². The number of aliphatic hydroxyl groups excluding tert-OH is 1. The van der Waals surface area contributed by atoms with Crippen molar-refractivity contribution in [2.45, 2.75) is 25.4 Å². The number of hydrogen-bond donors (Lipinski definition) is 2. The topological polar surface area (TPSA) is 64.1 Å². The number of aromatic nitrogens is 2. The van der Waals surface area contributed by atoms with Gasteiger partial charge in [-0.1, -0.05) is 6.42 Å². The van der Waals surface area contributed by atoms with Gasteiger partial charge >= 0.3 is 0 Å². The van der Waals surface area contributed by atoms with E-state index in [1.165, 1.54) is 6.42 Å². The molecule has 1 heterocycles. The molecular formula is C10H17N3O. The summed E-state index contributed by atoms with van der Waals surface area (Å²) < 4.78 is 1.72. The molecule has 0 amide bonds. The Kier molecular flexibility index (Phi) is 2.33. The van der Waals surface area contributed by atoms with Crippen molar-refractivity contribution in [1.82, 2.24) is 9.78 Å². The lowest BCUT2D eigenvalue weighted by atomic mass is 9.64. The van der Waals surface area contributed by atoms with Gasteiger partial charge in [-0.2, -0.15) is 5.10 Å². The predicted octanol–water partition coefficient (Wildman–Crippen LogP) is 0.582. The number of nitrogens with two attached hydrogens (primary N) is 1. The first-order valence-electron chi connectivity index (χ1n) is 5.06. The second-order valence-corrected chi connectivity index (χ2v) is 4.20. The van der Waals surface area contributed by atoms with Crippen molar-refractivity contribution in [3.05, 3.63) is 18.0 Å². The normalized spacial score (nSPS) is 21.6. The monoisotopic (exact) mass is 195 g/mol. The highest BCUT2D eigenvalue weighted by Crippen LogP contribution is 2.49. The van der Waals surface area contributed by atoms with Gasteiger partial charge in [0, 0.05) is 25.2 Å². The van der Waals surface area contributed by atoms with Gasteiger partial charge in [0.25, 0.3) is 0 Å². The van der Waals surface area contributed by atoms with E-state index in [9.17, 15) is 5.11 Å². The van der Waals surface area contributed by atoms with Crippen molar-refractivity contribution in [1.29, 1.82) is 0 Å². The Hall–Kier alpha value is -0.870. The minimum Gasteiger partial charge on any atom is -0.386 e. The lowest BCUT2D eigenvalue weighted by molar-refractivity contribution is -0.0342. The Labute approximate surface area is 83.7 Å². The summed E-state index contributed by atoms with van der Waals surface area (Å²) in [6, 6.07) is 1.86. The van der Waals surface area contributed by atoms with Gasteiger partial charge in [0.15, 0.2) is 0 Å². The summed E-state index contributed by atoms with van der Waals surface area (Å²) in [5.41, 5.74) is 6.52.